The van der Waals surface area contributed by atoms with E-state index < -0.39 is 0 Å². The van der Waals surface area contributed by atoms with Crippen LogP contribution in [0.25, 0.3) is 0 Å². The molecule has 1 aliphatic carbocycles. The van der Waals surface area contributed by atoms with E-state index in [9.17, 15) is 9.59 Å². The van der Waals surface area contributed by atoms with Gasteiger partial charge < -0.3 is 14.5 Å². The van der Waals surface area contributed by atoms with Gasteiger partial charge in [-0.1, -0.05) is 6.42 Å². The molecule has 2 saturated heterocycles. The minimum atomic E-state index is 0.109. The number of carbonyl (C=O) groups is 2. The van der Waals surface area contributed by atoms with Crippen molar-refractivity contribution in [2.75, 3.05) is 32.8 Å². The summed E-state index contributed by atoms with van der Waals surface area (Å²) in [6.45, 7) is 3.33. The summed E-state index contributed by atoms with van der Waals surface area (Å²) in [5.74, 6) is 0.431. The quantitative estimate of drug-likeness (QED) is 0.770. The Bertz CT molecular complexity index is 383. The maximum atomic E-state index is 12.6. The van der Waals surface area contributed by atoms with Crippen LogP contribution >= 0.6 is 0 Å². The molecule has 5 heteroatoms. The molecule has 0 aromatic carbocycles. The molecule has 5 nitrogen and oxygen atoms in total. The zero-order valence-electron chi connectivity index (χ0n) is 12.8. The van der Waals surface area contributed by atoms with E-state index >= 15 is 0 Å². The second-order valence-corrected chi connectivity index (χ2v) is 6.57. The predicted octanol–water partition coefficient (Wildman–Crippen LogP) is 1.42. The Morgan fingerprint density at radius 3 is 2.38 bits per heavy atom. The van der Waals surface area contributed by atoms with Crippen molar-refractivity contribution in [3.63, 3.8) is 0 Å². The summed E-state index contributed by atoms with van der Waals surface area (Å²) in [5, 5.41) is 0. The van der Waals surface area contributed by atoms with Crippen LogP contribution in [0.1, 0.15) is 44.9 Å². The van der Waals surface area contributed by atoms with Gasteiger partial charge >= 0.3 is 0 Å². The van der Waals surface area contributed by atoms with Gasteiger partial charge in [-0.3, -0.25) is 9.59 Å². The smallest absolute Gasteiger partial charge is 0.242 e. The molecule has 21 heavy (non-hydrogen) atoms. The summed E-state index contributed by atoms with van der Waals surface area (Å²) in [4.78, 5) is 28.6. The first-order chi connectivity index (χ1) is 10.2. The molecule has 0 aromatic heterocycles. The Kier molecular flexibility index (Phi) is 4.78. The maximum Gasteiger partial charge on any atom is 0.242 e. The molecule has 0 N–H and O–H groups in total. The van der Waals surface area contributed by atoms with E-state index in [1.165, 1.54) is 0 Å². The summed E-state index contributed by atoms with van der Waals surface area (Å²) in [6, 6.07) is 0. The van der Waals surface area contributed by atoms with E-state index in [2.05, 4.69) is 0 Å². The summed E-state index contributed by atoms with van der Waals surface area (Å²) < 4.78 is 5.65. The highest BCUT2D eigenvalue weighted by Gasteiger charge is 2.33. The third-order valence-corrected chi connectivity index (χ3v) is 5.00. The molecule has 118 valence electrons. The van der Waals surface area contributed by atoms with Crippen LogP contribution in [-0.4, -0.2) is 60.5 Å². The minimum Gasteiger partial charge on any atom is -0.376 e. The molecule has 2 amide bonds. The second kappa shape index (κ2) is 6.77. The van der Waals surface area contributed by atoms with Gasteiger partial charge in [0, 0.05) is 32.2 Å². The van der Waals surface area contributed by atoms with Crippen molar-refractivity contribution < 1.29 is 14.3 Å². The molecule has 0 spiro atoms. The molecule has 3 aliphatic rings. The van der Waals surface area contributed by atoms with Gasteiger partial charge in [0.05, 0.1) is 12.6 Å². The van der Waals surface area contributed by atoms with Crippen LogP contribution in [0.3, 0.4) is 0 Å². The van der Waals surface area contributed by atoms with E-state index in [1.807, 2.05) is 4.90 Å². The number of hydrogen-bond donors (Lipinski definition) is 0. The van der Waals surface area contributed by atoms with Gasteiger partial charge in [-0.05, 0) is 38.5 Å². The molecule has 1 unspecified atom stereocenters. The van der Waals surface area contributed by atoms with Crippen LogP contribution in [0.15, 0.2) is 0 Å². The highest BCUT2D eigenvalue weighted by atomic mass is 16.5. The van der Waals surface area contributed by atoms with Crippen LogP contribution in [0.5, 0.6) is 0 Å². The van der Waals surface area contributed by atoms with E-state index in [-0.39, 0.29) is 30.4 Å². The van der Waals surface area contributed by atoms with Gasteiger partial charge in [0.25, 0.3) is 0 Å². The third-order valence-electron chi connectivity index (χ3n) is 5.00. The zero-order valence-corrected chi connectivity index (χ0v) is 12.8. The van der Waals surface area contributed by atoms with Crippen molar-refractivity contribution in [2.24, 2.45) is 5.92 Å². The van der Waals surface area contributed by atoms with Gasteiger partial charge in [0.1, 0.15) is 0 Å². The standard InChI is InChI=1S/C16H26N2O3/c19-15(17-8-1-2-9-17)12-18(11-14-7-4-10-21-14)16(20)13-5-3-6-13/h13-14H,1-12H2. The van der Waals surface area contributed by atoms with Crippen molar-refractivity contribution in [2.45, 2.75) is 51.0 Å². The second-order valence-electron chi connectivity index (χ2n) is 6.57. The van der Waals surface area contributed by atoms with Crippen molar-refractivity contribution in [3.8, 4) is 0 Å². The van der Waals surface area contributed by atoms with E-state index in [0.29, 0.717) is 6.54 Å². The van der Waals surface area contributed by atoms with Crippen LogP contribution < -0.4 is 0 Å². The number of carbonyl (C=O) groups excluding carboxylic acids is 2. The molecule has 1 saturated carbocycles. The SMILES string of the molecule is O=C(CN(CC1CCCO1)C(=O)C1CCC1)N1CCCC1. The Morgan fingerprint density at radius 1 is 1.05 bits per heavy atom. The fourth-order valence-corrected chi connectivity index (χ4v) is 3.41. The molecule has 2 heterocycles. The number of rotatable bonds is 5. The third kappa shape index (κ3) is 3.57. The van der Waals surface area contributed by atoms with E-state index in [1.54, 1.807) is 4.90 Å². The number of amides is 2. The lowest BCUT2D eigenvalue weighted by Crippen LogP contribution is -2.48. The average molecular weight is 294 g/mol. The fourth-order valence-electron chi connectivity index (χ4n) is 3.41. The minimum absolute atomic E-state index is 0.109. The summed E-state index contributed by atoms with van der Waals surface area (Å²) >= 11 is 0. The first-order valence-electron chi connectivity index (χ1n) is 8.42. The van der Waals surface area contributed by atoms with E-state index in [4.69, 9.17) is 4.74 Å². The van der Waals surface area contributed by atoms with Gasteiger partial charge in [-0.25, -0.2) is 0 Å². The molecular weight excluding hydrogens is 268 g/mol. The molecule has 0 radical (unpaired) electrons. The van der Waals surface area contributed by atoms with Crippen LogP contribution in [-0.2, 0) is 14.3 Å². The fraction of sp³-hybridized carbons (Fsp3) is 0.875. The molecule has 0 aromatic rings. The molecule has 2 aliphatic heterocycles. The predicted molar refractivity (Wildman–Crippen MR) is 78.7 cm³/mol. The molecular formula is C16H26N2O3. The van der Waals surface area contributed by atoms with Crippen LogP contribution in [0.2, 0.25) is 0 Å². The lowest BCUT2D eigenvalue weighted by Gasteiger charge is -2.33. The highest BCUT2D eigenvalue weighted by Crippen LogP contribution is 2.29. The Morgan fingerprint density at radius 2 is 1.81 bits per heavy atom. The first-order valence-corrected chi connectivity index (χ1v) is 8.42. The van der Waals surface area contributed by atoms with Crippen LogP contribution in [0.4, 0.5) is 0 Å². The van der Waals surface area contributed by atoms with Gasteiger partial charge in [0.15, 0.2) is 0 Å². The summed E-state index contributed by atoms with van der Waals surface area (Å²) in [6.07, 6.45) is 7.49. The molecule has 3 fully saturated rings. The maximum absolute atomic E-state index is 12.6. The highest BCUT2D eigenvalue weighted by molar-refractivity contribution is 5.86. The van der Waals surface area contributed by atoms with E-state index in [0.717, 1.165) is 64.6 Å². The Balaban J connectivity index is 1.59. The van der Waals surface area contributed by atoms with Gasteiger partial charge in [0.2, 0.25) is 11.8 Å². The van der Waals surface area contributed by atoms with Gasteiger partial charge in [-0.15, -0.1) is 0 Å². The van der Waals surface area contributed by atoms with Crippen LogP contribution in [0, 0.1) is 5.92 Å². The summed E-state index contributed by atoms with van der Waals surface area (Å²) in [5.41, 5.74) is 0. The van der Waals surface area contributed by atoms with Gasteiger partial charge in [-0.2, -0.15) is 0 Å². The molecule has 1 atom stereocenters. The topological polar surface area (TPSA) is 49.9 Å². The first kappa shape index (κ1) is 14.8. The lowest BCUT2D eigenvalue weighted by molar-refractivity contribution is -0.145. The molecule has 0 bridgehead atoms. The number of ether oxygens (including phenoxy) is 1. The normalized spacial score (nSPS) is 25.9. The van der Waals surface area contributed by atoms with Crippen molar-refractivity contribution in [3.05, 3.63) is 0 Å². The van der Waals surface area contributed by atoms with Crippen molar-refractivity contribution in [1.82, 2.24) is 9.80 Å². The monoisotopic (exact) mass is 294 g/mol. The average Bonchev–Trinajstić information content (AvgIpc) is 3.09. The summed E-state index contributed by atoms with van der Waals surface area (Å²) in [7, 11) is 0. The van der Waals surface area contributed by atoms with Crippen molar-refractivity contribution in [1.29, 1.82) is 0 Å². The molecule has 3 rings (SSSR count). The van der Waals surface area contributed by atoms with Crippen molar-refractivity contribution >= 4 is 11.8 Å². The number of nitrogens with zero attached hydrogens (tertiary/aromatic N) is 2. The Hall–Kier alpha value is -1.10. The number of hydrogen-bond acceptors (Lipinski definition) is 3. The number of likely N-dealkylation sites (tertiary alicyclic amines) is 1. The largest absolute Gasteiger partial charge is 0.376 e. The zero-order chi connectivity index (χ0) is 14.7. The Labute approximate surface area is 126 Å². The lowest BCUT2D eigenvalue weighted by atomic mass is 9.84.